The van der Waals surface area contributed by atoms with Crippen LogP contribution in [0.25, 0.3) is 0 Å². The van der Waals surface area contributed by atoms with Crippen molar-refractivity contribution >= 4 is 0 Å². The molecule has 1 aliphatic heterocycles. The van der Waals surface area contributed by atoms with E-state index in [2.05, 4.69) is 37.9 Å². The molecule has 0 aromatic rings. The monoisotopic (exact) mass is 226 g/mol. The van der Waals surface area contributed by atoms with Gasteiger partial charge in [0.1, 0.15) is 0 Å². The van der Waals surface area contributed by atoms with Crippen LogP contribution in [-0.2, 0) is 0 Å². The van der Waals surface area contributed by atoms with Crippen LogP contribution in [0.2, 0.25) is 0 Å². The summed E-state index contributed by atoms with van der Waals surface area (Å²) in [4.78, 5) is 2.70. The molecule has 0 aromatic heterocycles. The van der Waals surface area contributed by atoms with Crippen LogP contribution >= 0.6 is 0 Å². The number of rotatable bonds is 8. The highest BCUT2D eigenvalue weighted by atomic mass is 15.2. The SMILES string of the molecule is CCCCN(CC(C)C1CNC1)C(C)CC. The Bertz CT molecular complexity index is 178. The summed E-state index contributed by atoms with van der Waals surface area (Å²) in [5.41, 5.74) is 0. The van der Waals surface area contributed by atoms with Crippen LogP contribution in [0.1, 0.15) is 47.0 Å². The summed E-state index contributed by atoms with van der Waals surface area (Å²) in [7, 11) is 0. The quantitative estimate of drug-likeness (QED) is 0.684. The first-order valence-corrected chi connectivity index (χ1v) is 7.13. The minimum Gasteiger partial charge on any atom is -0.316 e. The Morgan fingerprint density at radius 1 is 1.25 bits per heavy atom. The lowest BCUT2D eigenvalue weighted by atomic mass is 9.88. The lowest BCUT2D eigenvalue weighted by Gasteiger charge is -2.38. The molecule has 0 amide bonds. The fraction of sp³-hybridized carbons (Fsp3) is 1.00. The van der Waals surface area contributed by atoms with E-state index < -0.39 is 0 Å². The highest BCUT2D eigenvalue weighted by Crippen LogP contribution is 2.19. The minimum absolute atomic E-state index is 0.752. The molecule has 0 spiro atoms. The minimum atomic E-state index is 0.752. The molecule has 1 aliphatic rings. The second-order valence-corrected chi connectivity index (χ2v) is 5.50. The van der Waals surface area contributed by atoms with E-state index in [9.17, 15) is 0 Å². The third-order valence-electron chi connectivity index (χ3n) is 4.15. The van der Waals surface area contributed by atoms with Crippen molar-refractivity contribution in [2.75, 3.05) is 26.2 Å². The van der Waals surface area contributed by atoms with Gasteiger partial charge in [0.25, 0.3) is 0 Å². The van der Waals surface area contributed by atoms with Crippen LogP contribution in [0, 0.1) is 11.8 Å². The van der Waals surface area contributed by atoms with Crippen molar-refractivity contribution in [1.29, 1.82) is 0 Å². The van der Waals surface area contributed by atoms with Crippen LogP contribution in [0.5, 0.6) is 0 Å². The second kappa shape index (κ2) is 7.29. The van der Waals surface area contributed by atoms with Gasteiger partial charge in [-0.1, -0.05) is 27.2 Å². The standard InChI is InChI=1S/C14H30N2/c1-5-7-8-16(13(4)6-2)11-12(3)14-9-15-10-14/h12-15H,5-11H2,1-4H3. The first-order chi connectivity index (χ1) is 7.69. The molecule has 0 aromatic carbocycles. The zero-order valence-electron chi connectivity index (χ0n) is 11.6. The third-order valence-corrected chi connectivity index (χ3v) is 4.15. The second-order valence-electron chi connectivity index (χ2n) is 5.50. The predicted molar refractivity (Wildman–Crippen MR) is 71.8 cm³/mol. The number of unbranched alkanes of at least 4 members (excludes halogenated alkanes) is 1. The zero-order valence-corrected chi connectivity index (χ0v) is 11.6. The van der Waals surface area contributed by atoms with Crippen molar-refractivity contribution in [3.63, 3.8) is 0 Å². The van der Waals surface area contributed by atoms with Gasteiger partial charge in [-0.15, -0.1) is 0 Å². The van der Waals surface area contributed by atoms with Gasteiger partial charge in [0, 0.05) is 12.6 Å². The van der Waals surface area contributed by atoms with Gasteiger partial charge >= 0.3 is 0 Å². The Hall–Kier alpha value is -0.0800. The summed E-state index contributed by atoms with van der Waals surface area (Å²) < 4.78 is 0. The third kappa shape index (κ3) is 4.06. The molecule has 1 fully saturated rings. The van der Waals surface area contributed by atoms with Gasteiger partial charge in [-0.3, -0.25) is 0 Å². The van der Waals surface area contributed by atoms with E-state index in [1.807, 2.05) is 0 Å². The molecule has 16 heavy (non-hydrogen) atoms. The van der Waals surface area contributed by atoms with E-state index in [0.29, 0.717) is 0 Å². The maximum absolute atomic E-state index is 3.38. The largest absolute Gasteiger partial charge is 0.316 e. The van der Waals surface area contributed by atoms with Crippen molar-refractivity contribution < 1.29 is 0 Å². The van der Waals surface area contributed by atoms with E-state index >= 15 is 0 Å². The van der Waals surface area contributed by atoms with Crippen LogP contribution in [0.3, 0.4) is 0 Å². The number of hydrogen-bond acceptors (Lipinski definition) is 2. The van der Waals surface area contributed by atoms with E-state index in [4.69, 9.17) is 0 Å². The molecule has 2 unspecified atom stereocenters. The molecule has 0 aliphatic carbocycles. The zero-order chi connectivity index (χ0) is 12.0. The van der Waals surface area contributed by atoms with Crippen molar-refractivity contribution in [3.05, 3.63) is 0 Å². The van der Waals surface area contributed by atoms with Gasteiger partial charge in [-0.25, -0.2) is 0 Å². The van der Waals surface area contributed by atoms with E-state index in [0.717, 1.165) is 17.9 Å². The Morgan fingerprint density at radius 3 is 2.38 bits per heavy atom. The first-order valence-electron chi connectivity index (χ1n) is 7.13. The van der Waals surface area contributed by atoms with Crippen molar-refractivity contribution in [2.45, 2.75) is 53.0 Å². The molecule has 2 nitrogen and oxygen atoms in total. The molecule has 96 valence electrons. The Balaban J connectivity index is 2.34. The van der Waals surface area contributed by atoms with Crippen molar-refractivity contribution in [2.24, 2.45) is 11.8 Å². The van der Waals surface area contributed by atoms with E-state index in [-0.39, 0.29) is 0 Å². The molecule has 0 bridgehead atoms. The molecule has 1 saturated heterocycles. The summed E-state index contributed by atoms with van der Waals surface area (Å²) in [5.74, 6) is 1.78. The summed E-state index contributed by atoms with van der Waals surface area (Å²) in [6.07, 6.45) is 3.94. The lowest BCUT2D eigenvalue weighted by molar-refractivity contribution is 0.131. The van der Waals surface area contributed by atoms with Gasteiger partial charge in [-0.05, 0) is 51.2 Å². The van der Waals surface area contributed by atoms with Crippen LogP contribution in [0.4, 0.5) is 0 Å². The van der Waals surface area contributed by atoms with Crippen LogP contribution in [0.15, 0.2) is 0 Å². The van der Waals surface area contributed by atoms with Gasteiger partial charge < -0.3 is 10.2 Å². The predicted octanol–water partition coefficient (Wildman–Crippen LogP) is 2.74. The fourth-order valence-corrected chi connectivity index (χ4v) is 2.34. The molecule has 0 saturated carbocycles. The summed E-state index contributed by atoms with van der Waals surface area (Å²) >= 11 is 0. The summed E-state index contributed by atoms with van der Waals surface area (Å²) in [6, 6.07) is 0.752. The smallest absolute Gasteiger partial charge is 0.00644 e. The first kappa shape index (κ1) is 14.0. The van der Waals surface area contributed by atoms with Gasteiger partial charge in [-0.2, -0.15) is 0 Å². The molecular formula is C14H30N2. The maximum atomic E-state index is 3.38. The molecule has 1 heterocycles. The average Bonchev–Trinajstić information content (AvgIpc) is 2.20. The average molecular weight is 226 g/mol. The Morgan fingerprint density at radius 2 is 1.94 bits per heavy atom. The number of nitrogens with one attached hydrogen (secondary N) is 1. The molecule has 2 heteroatoms. The maximum Gasteiger partial charge on any atom is 0.00644 e. The van der Waals surface area contributed by atoms with Crippen LogP contribution < -0.4 is 5.32 Å². The molecule has 1 rings (SSSR count). The van der Waals surface area contributed by atoms with Gasteiger partial charge in [0.15, 0.2) is 0 Å². The molecule has 1 N–H and O–H groups in total. The highest BCUT2D eigenvalue weighted by molar-refractivity contribution is 4.82. The number of hydrogen-bond donors (Lipinski definition) is 1. The Labute approximate surface area is 102 Å². The lowest BCUT2D eigenvalue weighted by Crippen LogP contribution is -2.49. The summed E-state index contributed by atoms with van der Waals surface area (Å²) in [5, 5.41) is 3.38. The van der Waals surface area contributed by atoms with E-state index in [1.165, 1.54) is 45.4 Å². The van der Waals surface area contributed by atoms with Gasteiger partial charge in [0.2, 0.25) is 0 Å². The van der Waals surface area contributed by atoms with Crippen molar-refractivity contribution in [3.8, 4) is 0 Å². The van der Waals surface area contributed by atoms with E-state index in [1.54, 1.807) is 0 Å². The fourth-order valence-electron chi connectivity index (χ4n) is 2.34. The topological polar surface area (TPSA) is 15.3 Å². The van der Waals surface area contributed by atoms with Gasteiger partial charge in [0.05, 0.1) is 0 Å². The molecule has 0 radical (unpaired) electrons. The normalized spacial score (nSPS) is 20.8. The summed E-state index contributed by atoms with van der Waals surface area (Å²) in [6.45, 7) is 14.4. The highest BCUT2D eigenvalue weighted by Gasteiger charge is 2.25. The molecular weight excluding hydrogens is 196 g/mol. The van der Waals surface area contributed by atoms with Crippen LogP contribution in [-0.4, -0.2) is 37.1 Å². The van der Waals surface area contributed by atoms with Crippen molar-refractivity contribution in [1.82, 2.24) is 10.2 Å². The molecule has 2 atom stereocenters. The Kier molecular flexibility index (Phi) is 6.37. The number of nitrogens with zero attached hydrogens (tertiary/aromatic N) is 1.